The van der Waals surface area contributed by atoms with E-state index < -0.39 is 22.6 Å². The summed E-state index contributed by atoms with van der Waals surface area (Å²) in [4.78, 5) is 21.5. The second-order valence-electron chi connectivity index (χ2n) is 5.82. The first kappa shape index (κ1) is 13.8. The number of anilines is 1. The first-order valence-electron chi connectivity index (χ1n) is 6.90. The van der Waals surface area contributed by atoms with Gasteiger partial charge in [-0.3, -0.25) is 14.9 Å². The fourth-order valence-corrected chi connectivity index (χ4v) is 3.81. The molecule has 2 saturated carbocycles. The monoisotopic (exact) mass is 294 g/mol. The lowest BCUT2D eigenvalue weighted by molar-refractivity contribution is -0.385. The number of carboxylic acids is 1. The van der Waals surface area contributed by atoms with Crippen LogP contribution in [0.1, 0.15) is 19.3 Å². The van der Waals surface area contributed by atoms with E-state index in [0.29, 0.717) is 0 Å². The molecule has 2 bridgehead atoms. The van der Waals surface area contributed by atoms with E-state index >= 15 is 0 Å². The van der Waals surface area contributed by atoms with Gasteiger partial charge in [0.2, 0.25) is 0 Å². The summed E-state index contributed by atoms with van der Waals surface area (Å²) < 4.78 is 13.4. The van der Waals surface area contributed by atoms with Gasteiger partial charge in [-0.25, -0.2) is 4.39 Å². The SMILES string of the molecule is O=C(O)C1C2CCC(C2)C1Nc1cc(F)cc([N+](=O)[O-])c1. The van der Waals surface area contributed by atoms with Crippen molar-refractivity contribution in [2.45, 2.75) is 25.3 Å². The smallest absolute Gasteiger partial charge is 0.308 e. The molecule has 2 fully saturated rings. The van der Waals surface area contributed by atoms with Crippen LogP contribution in [0.2, 0.25) is 0 Å². The third-order valence-corrected chi connectivity index (χ3v) is 4.63. The Morgan fingerprint density at radius 1 is 1.33 bits per heavy atom. The molecule has 0 amide bonds. The quantitative estimate of drug-likeness (QED) is 0.658. The van der Waals surface area contributed by atoms with Crippen LogP contribution in [0.5, 0.6) is 0 Å². The highest BCUT2D eigenvalue weighted by molar-refractivity contribution is 5.73. The highest BCUT2D eigenvalue weighted by Crippen LogP contribution is 2.49. The lowest BCUT2D eigenvalue weighted by Crippen LogP contribution is -2.39. The van der Waals surface area contributed by atoms with Crippen LogP contribution in [-0.4, -0.2) is 22.0 Å². The number of fused-ring (bicyclic) bond motifs is 2. The minimum Gasteiger partial charge on any atom is -0.481 e. The minimum atomic E-state index is -0.856. The molecular formula is C14H15FN2O4. The fourth-order valence-electron chi connectivity index (χ4n) is 3.81. The zero-order valence-corrected chi connectivity index (χ0v) is 11.2. The van der Waals surface area contributed by atoms with Gasteiger partial charge in [-0.1, -0.05) is 0 Å². The molecule has 2 aliphatic carbocycles. The number of nitrogens with zero attached hydrogens (tertiary/aromatic N) is 1. The van der Waals surface area contributed by atoms with E-state index in [1.165, 1.54) is 6.07 Å². The molecule has 0 aromatic heterocycles. The van der Waals surface area contributed by atoms with Gasteiger partial charge in [-0.15, -0.1) is 0 Å². The van der Waals surface area contributed by atoms with E-state index in [1.54, 1.807) is 0 Å². The van der Waals surface area contributed by atoms with Crippen LogP contribution in [0.25, 0.3) is 0 Å². The van der Waals surface area contributed by atoms with E-state index in [2.05, 4.69) is 5.32 Å². The van der Waals surface area contributed by atoms with Gasteiger partial charge in [0.25, 0.3) is 5.69 Å². The Morgan fingerprint density at radius 2 is 2.05 bits per heavy atom. The van der Waals surface area contributed by atoms with Gasteiger partial charge in [-0.05, 0) is 37.2 Å². The number of hydrogen-bond donors (Lipinski definition) is 2. The summed E-state index contributed by atoms with van der Waals surface area (Å²) in [7, 11) is 0. The average molecular weight is 294 g/mol. The number of nitro benzene ring substituents is 1. The van der Waals surface area contributed by atoms with E-state index in [9.17, 15) is 24.4 Å². The average Bonchev–Trinajstić information content (AvgIpc) is 2.98. The van der Waals surface area contributed by atoms with Crippen molar-refractivity contribution in [1.82, 2.24) is 0 Å². The van der Waals surface area contributed by atoms with Crippen molar-refractivity contribution in [3.05, 3.63) is 34.1 Å². The molecule has 112 valence electrons. The summed E-state index contributed by atoms with van der Waals surface area (Å²) in [6, 6.07) is 2.97. The summed E-state index contributed by atoms with van der Waals surface area (Å²) in [6.45, 7) is 0. The summed E-state index contributed by atoms with van der Waals surface area (Å²) in [6.07, 6.45) is 2.71. The largest absolute Gasteiger partial charge is 0.481 e. The zero-order valence-electron chi connectivity index (χ0n) is 11.2. The molecule has 4 atom stereocenters. The summed E-state index contributed by atoms with van der Waals surface area (Å²) in [5.41, 5.74) is -0.0713. The first-order valence-corrected chi connectivity index (χ1v) is 6.90. The number of carboxylic acid groups (broad SMARTS) is 1. The van der Waals surface area contributed by atoms with Gasteiger partial charge in [0.05, 0.1) is 16.9 Å². The summed E-state index contributed by atoms with van der Waals surface area (Å²) in [5.74, 6) is -1.69. The normalized spacial score (nSPS) is 30.3. The lowest BCUT2D eigenvalue weighted by atomic mass is 9.84. The second-order valence-corrected chi connectivity index (χ2v) is 5.82. The van der Waals surface area contributed by atoms with E-state index in [-0.39, 0.29) is 29.3 Å². The van der Waals surface area contributed by atoms with Crippen molar-refractivity contribution in [3.8, 4) is 0 Å². The molecule has 3 rings (SSSR count). The van der Waals surface area contributed by atoms with E-state index in [4.69, 9.17) is 0 Å². The van der Waals surface area contributed by atoms with Crippen LogP contribution in [0, 0.1) is 33.7 Å². The maximum atomic E-state index is 13.4. The molecule has 0 aliphatic heterocycles. The van der Waals surface area contributed by atoms with Gasteiger partial charge >= 0.3 is 5.97 Å². The van der Waals surface area contributed by atoms with Crippen LogP contribution >= 0.6 is 0 Å². The minimum absolute atomic E-state index is 0.147. The third kappa shape index (κ3) is 2.43. The molecule has 0 spiro atoms. The number of nitrogens with one attached hydrogen (secondary N) is 1. The number of halogens is 1. The fraction of sp³-hybridized carbons (Fsp3) is 0.500. The van der Waals surface area contributed by atoms with Gasteiger partial charge in [0.15, 0.2) is 0 Å². The van der Waals surface area contributed by atoms with Crippen molar-refractivity contribution in [2.24, 2.45) is 17.8 Å². The Labute approximate surface area is 120 Å². The van der Waals surface area contributed by atoms with Crippen LogP contribution < -0.4 is 5.32 Å². The van der Waals surface area contributed by atoms with Crippen LogP contribution in [0.4, 0.5) is 15.8 Å². The molecular weight excluding hydrogens is 279 g/mol. The second kappa shape index (κ2) is 4.98. The van der Waals surface area contributed by atoms with E-state index in [0.717, 1.165) is 31.4 Å². The molecule has 1 aromatic carbocycles. The van der Waals surface area contributed by atoms with Crippen molar-refractivity contribution in [3.63, 3.8) is 0 Å². The molecule has 4 unspecified atom stereocenters. The number of aliphatic carboxylic acids is 1. The number of benzene rings is 1. The van der Waals surface area contributed by atoms with Crippen LogP contribution in [-0.2, 0) is 4.79 Å². The molecule has 0 heterocycles. The topological polar surface area (TPSA) is 92.5 Å². The molecule has 2 aliphatic rings. The Morgan fingerprint density at radius 3 is 2.71 bits per heavy atom. The van der Waals surface area contributed by atoms with Crippen molar-refractivity contribution >= 4 is 17.3 Å². The number of carbonyl (C=O) groups is 1. The summed E-state index contributed by atoms with van der Waals surface area (Å²) >= 11 is 0. The standard InChI is InChI=1S/C14H15FN2O4/c15-9-4-10(6-11(5-9)17(20)21)16-13-8-2-1-7(3-8)12(13)14(18)19/h4-8,12-13,16H,1-3H2,(H,18,19). The van der Waals surface area contributed by atoms with Crippen LogP contribution in [0.3, 0.4) is 0 Å². The van der Waals surface area contributed by atoms with Crippen molar-refractivity contribution in [2.75, 3.05) is 5.32 Å². The van der Waals surface area contributed by atoms with Crippen LogP contribution in [0.15, 0.2) is 18.2 Å². The Bertz CT molecular complexity index is 607. The lowest BCUT2D eigenvalue weighted by Gasteiger charge is -2.29. The molecule has 2 N–H and O–H groups in total. The van der Waals surface area contributed by atoms with Gasteiger partial charge in [0.1, 0.15) is 5.82 Å². The number of nitro groups is 1. The Kier molecular flexibility index (Phi) is 3.27. The van der Waals surface area contributed by atoms with Gasteiger partial charge in [0, 0.05) is 17.8 Å². The molecule has 0 radical (unpaired) electrons. The zero-order chi connectivity index (χ0) is 15.1. The third-order valence-electron chi connectivity index (χ3n) is 4.63. The molecule has 7 heteroatoms. The van der Waals surface area contributed by atoms with Gasteiger partial charge in [-0.2, -0.15) is 0 Å². The molecule has 1 aromatic rings. The predicted molar refractivity (Wildman–Crippen MR) is 72.4 cm³/mol. The Hall–Kier alpha value is -2.18. The highest BCUT2D eigenvalue weighted by atomic mass is 19.1. The first-order chi connectivity index (χ1) is 9.95. The summed E-state index contributed by atoms with van der Waals surface area (Å²) in [5, 5.41) is 23.1. The highest BCUT2D eigenvalue weighted by Gasteiger charge is 2.51. The molecule has 0 saturated heterocycles. The number of hydrogen-bond acceptors (Lipinski definition) is 4. The molecule has 6 nitrogen and oxygen atoms in total. The maximum absolute atomic E-state index is 13.4. The maximum Gasteiger partial charge on any atom is 0.308 e. The number of rotatable bonds is 4. The van der Waals surface area contributed by atoms with Crippen molar-refractivity contribution in [1.29, 1.82) is 0 Å². The molecule has 21 heavy (non-hydrogen) atoms. The number of non-ortho nitro benzene ring substituents is 1. The Balaban J connectivity index is 1.86. The van der Waals surface area contributed by atoms with Gasteiger partial charge < -0.3 is 10.4 Å². The van der Waals surface area contributed by atoms with Crippen molar-refractivity contribution < 1.29 is 19.2 Å². The predicted octanol–water partition coefficient (Wildman–Crippen LogP) is 2.65. The van der Waals surface area contributed by atoms with E-state index in [1.807, 2.05) is 0 Å².